The first kappa shape index (κ1) is 17.0. The minimum atomic E-state index is 0.662. The van der Waals surface area contributed by atoms with Crippen molar-refractivity contribution in [3.05, 3.63) is 35.5 Å². The third kappa shape index (κ3) is 3.83. The summed E-state index contributed by atoms with van der Waals surface area (Å²) in [4.78, 5) is 26.3. The number of hydrogen-bond donors (Lipinski definition) is 1. The summed E-state index contributed by atoms with van der Waals surface area (Å²) < 4.78 is 5.41. The third-order valence-corrected chi connectivity index (χ3v) is 4.06. The van der Waals surface area contributed by atoms with Gasteiger partial charge in [0, 0.05) is 43.2 Å². The predicted octanol–water partition coefficient (Wildman–Crippen LogP) is 1.91. The Kier molecular flexibility index (Phi) is 5.35. The van der Waals surface area contributed by atoms with E-state index in [1.807, 2.05) is 31.2 Å². The van der Waals surface area contributed by atoms with Crippen LogP contribution >= 0.6 is 0 Å². The number of ether oxygens (including phenoxy) is 1. The summed E-state index contributed by atoms with van der Waals surface area (Å²) in [5, 5.41) is 2.64. The predicted molar refractivity (Wildman–Crippen MR) is 98.4 cm³/mol. The van der Waals surface area contributed by atoms with Crippen LogP contribution in [-0.2, 0) is 9.53 Å². The van der Waals surface area contributed by atoms with E-state index in [9.17, 15) is 4.79 Å². The van der Waals surface area contributed by atoms with Crippen molar-refractivity contribution in [2.75, 3.05) is 43.6 Å². The topological polar surface area (TPSA) is 79.7 Å². The van der Waals surface area contributed by atoms with Crippen molar-refractivity contribution in [1.29, 1.82) is 0 Å². The Morgan fingerprint density at radius 2 is 1.92 bits per heavy atom. The fourth-order valence-electron chi connectivity index (χ4n) is 2.77. The second-order valence-corrected chi connectivity index (χ2v) is 5.70. The van der Waals surface area contributed by atoms with E-state index in [0.29, 0.717) is 25.6 Å². The molecule has 1 aromatic carbocycles. The van der Waals surface area contributed by atoms with Crippen LogP contribution in [0.1, 0.15) is 11.3 Å². The van der Waals surface area contributed by atoms with Gasteiger partial charge in [-0.15, -0.1) is 0 Å². The molecular formula is C18H21N5O2. The van der Waals surface area contributed by atoms with Crippen molar-refractivity contribution in [2.24, 2.45) is 4.99 Å². The second-order valence-electron chi connectivity index (χ2n) is 5.70. The molecule has 1 aromatic heterocycles. The molecule has 7 nitrogen and oxygen atoms in total. The zero-order chi connectivity index (χ0) is 17.6. The molecule has 0 spiro atoms. The maximum Gasteiger partial charge on any atom is 0.226 e. The molecule has 2 heterocycles. The maximum atomic E-state index is 10.6. The SMILES string of the molecule is CN=Cc1c(C)nc(N2CCOCC2)nc1-c1ccc(NC=O)cc1. The van der Waals surface area contributed by atoms with Crippen LogP contribution in [0.3, 0.4) is 0 Å². The summed E-state index contributed by atoms with van der Waals surface area (Å²) in [5.74, 6) is 0.708. The van der Waals surface area contributed by atoms with Crippen molar-refractivity contribution in [3.63, 3.8) is 0 Å². The van der Waals surface area contributed by atoms with E-state index in [4.69, 9.17) is 9.72 Å². The highest BCUT2D eigenvalue weighted by Gasteiger charge is 2.18. The Balaban J connectivity index is 2.04. The van der Waals surface area contributed by atoms with Crippen LogP contribution in [0.25, 0.3) is 11.3 Å². The number of morpholine rings is 1. The van der Waals surface area contributed by atoms with Crippen LogP contribution < -0.4 is 10.2 Å². The Bertz CT molecular complexity index is 768. The summed E-state index contributed by atoms with van der Waals surface area (Å²) in [7, 11) is 1.73. The normalized spacial score (nSPS) is 14.7. The van der Waals surface area contributed by atoms with Gasteiger partial charge >= 0.3 is 0 Å². The van der Waals surface area contributed by atoms with Gasteiger partial charge in [-0.2, -0.15) is 0 Å². The van der Waals surface area contributed by atoms with Gasteiger partial charge in [0.15, 0.2) is 0 Å². The highest BCUT2D eigenvalue weighted by molar-refractivity contribution is 5.90. The highest BCUT2D eigenvalue weighted by Crippen LogP contribution is 2.26. The van der Waals surface area contributed by atoms with Gasteiger partial charge in [0.1, 0.15) is 0 Å². The lowest BCUT2D eigenvalue weighted by Crippen LogP contribution is -2.37. The highest BCUT2D eigenvalue weighted by atomic mass is 16.5. The van der Waals surface area contributed by atoms with E-state index in [0.717, 1.165) is 41.3 Å². The number of aryl methyl sites for hydroxylation is 1. The van der Waals surface area contributed by atoms with Gasteiger partial charge in [0.2, 0.25) is 12.4 Å². The van der Waals surface area contributed by atoms with Crippen LogP contribution in [0, 0.1) is 6.92 Å². The Morgan fingerprint density at radius 1 is 1.20 bits per heavy atom. The summed E-state index contributed by atoms with van der Waals surface area (Å²) in [6.07, 6.45) is 2.45. The molecule has 1 amide bonds. The van der Waals surface area contributed by atoms with E-state index in [-0.39, 0.29) is 0 Å². The van der Waals surface area contributed by atoms with Crippen LogP contribution in [0.15, 0.2) is 29.3 Å². The van der Waals surface area contributed by atoms with E-state index in [1.54, 1.807) is 13.3 Å². The van der Waals surface area contributed by atoms with Crippen LogP contribution in [0.4, 0.5) is 11.6 Å². The van der Waals surface area contributed by atoms with Crippen molar-refractivity contribution < 1.29 is 9.53 Å². The smallest absolute Gasteiger partial charge is 0.226 e. The molecule has 7 heteroatoms. The lowest BCUT2D eigenvalue weighted by atomic mass is 10.0. The lowest BCUT2D eigenvalue weighted by molar-refractivity contribution is -0.105. The van der Waals surface area contributed by atoms with Gasteiger partial charge in [-0.05, 0) is 19.1 Å². The van der Waals surface area contributed by atoms with Gasteiger partial charge in [-0.1, -0.05) is 12.1 Å². The summed E-state index contributed by atoms with van der Waals surface area (Å²) in [5.41, 5.74) is 4.30. The number of rotatable bonds is 5. The number of aromatic nitrogens is 2. The monoisotopic (exact) mass is 339 g/mol. The van der Waals surface area contributed by atoms with Gasteiger partial charge in [-0.25, -0.2) is 9.97 Å². The fraction of sp³-hybridized carbons (Fsp3) is 0.333. The third-order valence-electron chi connectivity index (χ3n) is 4.06. The van der Waals surface area contributed by atoms with E-state index < -0.39 is 0 Å². The Labute approximate surface area is 146 Å². The van der Waals surface area contributed by atoms with Crippen molar-refractivity contribution in [1.82, 2.24) is 9.97 Å². The standard InChI is InChI=1S/C18H21N5O2/c1-13-16(11-19-2)17(14-3-5-15(6-4-14)20-12-24)22-18(21-13)23-7-9-25-10-8-23/h3-6,11-12H,7-10H2,1-2H3,(H,20,24). The van der Waals surface area contributed by atoms with E-state index in [1.165, 1.54) is 0 Å². The first-order chi connectivity index (χ1) is 12.2. The van der Waals surface area contributed by atoms with Crippen LogP contribution in [-0.4, -0.2) is 55.9 Å². The quantitative estimate of drug-likeness (QED) is 0.665. The van der Waals surface area contributed by atoms with E-state index in [2.05, 4.69) is 20.2 Å². The number of nitrogens with one attached hydrogen (secondary N) is 1. The number of carbonyl (C=O) groups excluding carboxylic acids is 1. The number of benzene rings is 1. The Morgan fingerprint density at radius 3 is 2.56 bits per heavy atom. The maximum absolute atomic E-state index is 10.6. The first-order valence-corrected chi connectivity index (χ1v) is 8.17. The van der Waals surface area contributed by atoms with Gasteiger partial charge in [0.25, 0.3) is 0 Å². The van der Waals surface area contributed by atoms with Crippen LogP contribution in [0.2, 0.25) is 0 Å². The number of amides is 1. The first-order valence-electron chi connectivity index (χ1n) is 8.17. The van der Waals surface area contributed by atoms with Gasteiger partial charge in [0.05, 0.1) is 24.6 Å². The molecule has 1 aliphatic heterocycles. The molecule has 25 heavy (non-hydrogen) atoms. The average Bonchev–Trinajstić information content (AvgIpc) is 2.65. The molecule has 1 aliphatic rings. The summed E-state index contributed by atoms with van der Waals surface area (Å²) >= 11 is 0. The number of aliphatic imine (C=N–C) groups is 1. The molecule has 0 saturated carbocycles. The number of anilines is 2. The molecule has 1 saturated heterocycles. The molecule has 1 N–H and O–H groups in total. The zero-order valence-corrected chi connectivity index (χ0v) is 14.4. The van der Waals surface area contributed by atoms with Crippen molar-refractivity contribution >= 4 is 24.3 Å². The molecule has 3 rings (SSSR count). The molecule has 0 atom stereocenters. The Hall–Kier alpha value is -2.80. The van der Waals surface area contributed by atoms with Gasteiger partial charge in [-0.3, -0.25) is 9.79 Å². The second kappa shape index (κ2) is 7.85. The molecule has 0 aliphatic carbocycles. The van der Waals surface area contributed by atoms with Crippen LogP contribution in [0.5, 0.6) is 0 Å². The number of nitrogens with zero attached hydrogens (tertiary/aromatic N) is 4. The molecule has 2 aromatic rings. The minimum Gasteiger partial charge on any atom is -0.378 e. The average molecular weight is 339 g/mol. The van der Waals surface area contributed by atoms with E-state index >= 15 is 0 Å². The molecule has 0 radical (unpaired) electrons. The largest absolute Gasteiger partial charge is 0.378 e. The zero-order valence-electron chi connectivity index (χ0n) is 14.4. The molecule has 0 unspecified atom stereocenters. The molecule has 130 valence electrons. The molecule has 1 fully saturated rings. The summed E-state index contributed by atoms with van der Waals surface area (Å²) in [6, 6.07) is 7.57. The summed E-state index contributed by atoms with van der Waals surface area (Å²) in [6.45, 7) is 4.89. The van der Waals surface area contributed by atoms with Crippen molar-refractivity contribution in [2.45, 2.75) is 6.92 Å². The van der Waals surface area contributed by atoms with Gasteiger partial charge < -0.3 is 15.0 Å². The number of hydrogen-bond acceptors (Lipinski definition) is 6. The molecule has 0 bridgehead atoms. The molecular weight excluding hydrogens is 318 g/mol. The minimum absolute atomic E-state index is 0.662. The van der Waals surface area contributed by atoms with Crippen molar-refractivity contribution in [3.8, 4) is 11.3 Å². The fourth-order valence-corrected chi connectivity index (χ4v) is 2.77. The number of carbonyl (C=O) groups is 1. The lowest BCUT2D eigenvalue weighted by Gasteiger charge is -2.27.